The van der Waals surface area contributed by atoms with Gasteiger partial charge in [0.25, 0.3) is 0 Å². The molecule has 1 N–H and O–H groups in total. The van der Waals surface area contributed by atoms with Gasteiger partial charge in [-0.25, -0.2) is 0 Å². The largest absolute Gasteiger partial charge is 0.455 e. The summed E-state index contributed by atoms with van der Waals surface area (Å²) in [5, 5.41) is 2.01. The third kappa shape index (κ3) is 3.03. The smallest absolute Gasteiger partial charge is 0.308 e. The maximum Gasteiger partial charge on any atom is 0.455 e. The lowest BCUT2D eigenvalue weighted by molar-refractivity contribution is -0.294. The van der Waals surface area contributed by atoms with E-state index >= 15 is 0 Å². The molecule has 0 aliphatic rings. The van der Waals surface area contributed by atoms with Gasteiger partial charge in [-0.3, -0.25) is 0 Å². The highest BCUT2D eigenvalue weighted by atomic mass is 79.9. The van der Waals surface area contributed by atoms with Gasteiger partial charge >= 0.3 is 12.1 Å². The molecule has 1 aromatic rings. The second kappa shape index (κ2) is 5.42. The average Bonchev–Trinajstić information content (AvgIpc) is 2.22. The molecule has 0 aromatic heterocycles. The Kier molecular flexibility index (Phi) is 4.77. The molecule has 8 heteroatoms. The zero-order valence-corrected chi connectivity index (χ0v) is 12.1. The number of hydrogen-bond donors (Lipinski definition) is 1. The number of alkyl halides is 5. The summed E-state index contributed by atoms with van der Waals surface area (Å²) in [5.74, 6) is -4.87. The second-order valence-corrected chi connectivity index (χ2v) is 5.28. The van der Waals surface area contributed by atoms with Gasteiger partial charge in [-0.15, -0.1) is 0 Å². The van der Waals surface area contributed by atoms with Gasteiger partial charge in [0.2, 0.25) is 0 Å². The van der Waals surface area contributed by atoms with E-state index < -0.39 is 18.1 Å². The van der Waals surface area contributed by atoms with Gasteiger partial charge in [-0.05, 0) is 30.8 Å². The molecule has 1 aromatic carbocycles. The molecule has 0 radical (unpaired) electrons. The lowest BCUT2D eigenvalue weighted by Crippen LogP contribution is -2.47. The molecule has 0 heterocycles. The van der Waals surface area contributed by atoms with Crippen molar-refractivity contribution in [3.05, 3.63) is 32.7 Å². The molecule has 0 saturated heterocycles. The Morgan fingerprint density at radius 2 is 1.67 bits per heavy atom. The predicted molar refractivity (Wildman–Crippen MR) is 64.6 cm³/mol. The van der Waals surface area contributed by atoms with Crippen molar-refractivity contribution >= 4 is 31.9 Å². The fourth-order valence-electron chi connectivity index (χ4n) is 1.43. The maximum atomic E-state index is 13.4. The van der Waals surface area contributed by atoms with Crippen molar-refractivity contribution in [2.24, 2.45) is 0 Å². The molecule has 102 valence electrons. The summed E-state index contributed by atoms with van der Waals surface area (Å²) in [6.07, 6.45) is -5.62. The van der Waals surface area contributed by atoms with Gasteiger partial charge in [0.1, 0.15) is 6.04 Å². The quantitative estimate of drug-likeness (QED) is 0.732. The molecule has 0 saturated carbocycles. The van der Waals surface area contributed by atoms with Crippen molar-refractivity contribution in [3.63, 3.8) is 0 Å². The van der Waals surface area contributed by atoms with Crippen LogP contribution in [-0.2, 0) is 0 Å². The van der Waals surface area contributed by atoms with Crippen molar-refractivity contribution in [2.75, 3.05) is 7.05 Å². The monoisotopic (exact) mass is 395 g/mol. The molecule has 1 nitrogen and oxygen atoms in total. The number of benzene rings is 1. The van der Waals surface area contributed by atoms with Gasteiger partial charge in [-0.2, -0.15) is 22.0 Å². The van der Waals surface area contributed by atoms with Crippen LogP contribution in [0, 0.1) is 0 Å². The number of hydrogen-bond acceptors (Lipinski definition) is 1. The van der Waals surface area contributed by atoms with Crippen molar-refractivity contribution < 1.29 is 22.0 Å². The van der Waals surface area contributed by atoms with Crippen LogP contribution in [0.4, 0.5) is 22.0 Å². The van der Waals surface area contributed by atoms with Crippen LogP contribution in [0.25, 0.3) is 0 Å². The average molecular weight is 397 g/mol. The molecule has 0 aliphatic carbocycles. The van der Waals surface area contributed by atoms with Gasteiger partial charge in [0.15, 0.2) is 0 Å². The van der Waals surface area contributed by atoms with E-state index in [1.165, 1.54) is 18.2 Å². The molecule has 0 amide bonds. The van der Waals surface area contributed by atoms with E-state index in [9.17, 15) is 22.0 Å². The summed E-state index contributed by atoms with van der Waals surface area (Å²) >= 11 is 6.01. The fraction of sp³-hybridized carbons (Fsp3) is 0.400. The van der Waals surface area contributed by atoms with E-state index in [4.69, 9.17) is 0 Å². The Bertz CT molecular complexity index is 433. The van der Waals surface area contributed by atoms with Crippen LogP contribution in [0.5, 0.6) is 0 Å². The molecular weight excluding hydrogens is 389 g/mol. The standard InChI is InChI=1S/C10H8Br2F5N/c1-18-8(9(13,14)10(15,16)17)6-4-5(11)2-3-7(6)12/h2-4,8,18H,1H3. The third-order valence-electron chi connectivity index (χ3n) is 2.30. The summed E-state index contributed by atoms with van der Waals surface area (Å²) in [7, 11) is 1.05. The van der Waals surface area contributed by atoms with Crippen molar-refractivity contribution in [3.8, 4) is 0 Å². The highest BCUT2D eigenvalue weighted by Gasteiger charge is 2.62. The fourth-order valence-corrected chi connectivity index (χ4v) is 2.29. The van der Waals surface area contributed by atoms with Gasteiger partial charge < -0.3 is 5.32 Å². The van der Waals surface area contributed by atoms with E-state index in [0.29, 0.717) is 4.47 Å². The molecule has 1 atom stereocenters. The van der Waals surface area contributed by atoms with E-state index in [0.717, 1.165) is 7.05 Å². The van der Waals surface area contributed by atoms with Crippen LogP contribution in [0.2, 0.25) is 0 Å². The first-order valence-corrected chi connectivity index (χ1v) is 6.26. The molecule has 1 rings (SSSR count). The number of rotatable bonds is 3. The minimum atomic E-state index is -5.62. The summed E-state index contributed by atoms with van der Waals surface area (Å²) in [6, 6.07) is 1.98. The zero-order chi connectivity index (χ0) is 14.1. The normalized spacial score (nSPS) is 14.7. The summed E-state index contributed by atoms with van der Waals surface area (Å²) in [6.45, 7) is 0. The van der Waals surface area contributed by atoms with Crippen molar-refractivity contribution in [1.82, 2.24) is 5.32 Å². The zero-order valence-electron chi connectivity index (χ0n) is 8.96. The maximum absolute atomic E-state index is 13.4. The summed E-state index contributed by atoms with van der Waals surface area (Å²) in [5.41, 5.74) is -0.172. The molecule has 0 spiro atoms. The summed E-state index contributed by atoms with van der Waals surface area (Å²) < 4.78 is 64.4. The first-order valence-electron chi connectivity index (χ1n) is 4.68. The Hall–Kier alpha value is -0.210. The van der Waals surface area contributed by atoms with Crippen LogP contribution in [0.15, 0.2) is 27.1 Å². The Morgan fingerprint density at radius 1 is 1.11 bits per heavy atom. The van der Waals surface area contributed by atoms with E-state index in [-0.39, 0.29) is 10.0 Å². The minimum absolute atomic E-state index is 0.172. The van der Waals surface area contributed by atoms with Crippen molar-refractivity contribution in [1.29, 1.82) is 0 Å². The number of halogens is 7. The van der Waals surface area contributed by atoms with E-state index in [1.54, 1.807) is 0 Å². The lowest BCUT2D eigenvalue weighted by atomic mass is 10.0. The van der Waals surface area contributed by atoms with E-state index in [2.05, 4.69) is 31.9 Å². The highest BCUT2D eigenvalue weighted by molar-refractivity contribution is 9.11. The van der Waals surface area contributed by atoms with Gasteiger partial charge in [0, 0.05) is 8.95 Å². The topological polar surface area (TPSA) is 12.0 Å². The minimum Gasteiger partial charge on any atom is -0.308 e. The lowest BCUT2D eigenvalue weighted by Gasteiger charge is -2.29. The molecule has 0 fully saturated rings. The first kappa shape index (κ1) is 15.8. The van der Waals surface area contributed by atoms with Crippen molar-refractivity contribution in [2.45, 2.75) is 18.1 Å². The molecule has 0 bridgehead atoms. The van der Waals surface area contributed by atoms with Gasteiger partial charge in [0.05, 0.1) is 0 Å². The van der Waals surface area contributed by atoms with Crippen LogP contribution < -0.4 is 5.32 Å². The summed E-state index contributed by atoms with van der Waals surface area (Å²) in [4.78, 5) is 0. The number of nitrogens with one attached hydrogen (secondary N) is 1. The predicted octanol–water partition coefficient (Wildman–Crippen LogP) is 4.67. The highest BCUT2D eigenvalue weighted by Crippen LogP contribution is 2.46. The third-order valence-corrected chi connectivity index (χ3v) is 3.51. The van der Waals surface area contributed by atoms with Crippen LogP contribution in [-0.4, -0.2) is 19.1 Å². The Balaban J connectivity index is 3.30. The van der Waals surface area contributed by atoms with Gasteiger partial charge in [-0.1, -0.05) is 31.9 Å². The molecule has 1 unspecified atom stereocenters. The first-order chi connectivity index (χ1) is 8.11. The SMILES string of the molecule is CNC(c1cc(Br)ccc1Br)C(F)(F)C(F)(F)F. The van der Waals surface area contributed by atoms with Crippen LogP contribution in [0.3, 0.4) is 0 Å². The van der Waals surface area contributed by atoms with Crippen LogP contribution >= 0.6 is 31.9 Å². The second-order valence-electron chi connectivity index (χ2n) is 3.51. The Morgan fingerprint density at radius 3 is 2.11 bits per heavy atom. The molecule has 18 heavy (non-hydrogen) atoms. The molecular formula is C10H8Br2F5N. The Labute approximate surface area is 117 Å². The van der Waals surface area contributed by atoms with Crippen LogP contribution in [0.1, 0.15) is 11.6 Å². The molecule has 0 aliphatic heterocycles. The van der Waals surface area contributed by atoms with E-state index in [1.807, 2.05) is 5.32 Å².